The van der Waals surface area contributed by atoms with Crippen molar-refractivity contribution in [3.63, 3.8) is 0 Å². The Morgan fingerprint density at radius 3 is 2.64 bits per heavy atom. The van der Waals surface area contributed by atoms with Crippen LogP contribution in [0.1, 0.15) is 0 Å². The molecule has 0 fully saturated rings. The Bertz CT molecular complexity index is 841. The summed E-state index contributed by atoms with van der Waals surface area (Å²) in [5.74, 6) is 0.581. The summed E-state index contributed by atoms with van der Waals surface area (Å²) in [6.45, 7) is 1.00. The molecular formula is C17H16O4S. The molecule has 114 valence electrons. The van der Waals surface area contributed by atoms with Gasteiger partial charge in [-0.3, -0.25) is 4.79 Å². The first kappa shape index (κ1) is 15.0. The Morgan fingerprint density at radius 2 is 1.77 bits per heavy atom. The largest absolute Gasteiger partial charge is 0.490 e. The monoisotopic (exact) mass is 316 g/mol. The van der Waals surface area contributed by atoms with Crippen LogP contribution in [0.4, 0.5) is 0 Å². The minimum absolute atomic E-state index is 0.00349. The van der Waals surface area contributed by atoms with Crippen molar-refractivity contribution in [2.75, 3.05) is 26.4 Å². The van der Waals surface area contributed by atoms with E-state index in [1.807, 2.05) is 36.4 Å². The topological polar surface area (TPSA) is 55.8 Å². The van der Waals surface area contributed by atoms with Gasteiger partial charge in [-0.15, -0.1) is 11.3 Å². The maximum Gasteiger partial charge on any atom is 0.199 e. The minimum atomic E-state index is -0.00730. The molecular weight excluding hydrogens is 300 g/mol. The summed E-state index contributed by atoms with van der Waals surface area (Å²) < 4.78 is 12.8. The third-order valence-corrected chi connectivity index (χ3v) is 4.42. The van der Waals surface area contributed by atoms with Gasteiger partial charge in [-0.05, 0) is 24.3 Å². The Balaban J connectivity index is 1.97. The highest BCUT2D eigenvalue weighted by molar-refractivity contribution is 7.24. The third-order valence-electron chi connectivity index (χ3n) is 3.29. The predicted molar refractivity (Wildman–Crippen MR) is 89.0 cm³/mol. The van der Waals surface area contributed by atoms with E-state index in [0.717, 1.165) is 9.40 Å². The minimum Gasteiger partial charge on any atom is -0.490 e. The molecule has 5 heteroatoms. The molecule has 3 aromatic rings. The average molecular weight is 316 g/mol. The van der Waals surface area contributed by atoms with Gasteiger partial charge in [0.2, 0.25) is 0 Å². The van der Waals surface area contributed by atoms with E-state index in [9.17, 15) is 4.79 Å². The molecule has 0 aliphatic rings. The lowest BCUT2D eigenvalue weighted by Gasteiger charge is -2.09. The fourth-order valence-corrected chi connectivity index (χ4v) is 3.41. The molecule has 0 radical (unpaired) electrons. The highest BCUT2D eigenvalue weighted by Gasteiger charge is 2.10. The molecule has 0 saturated carbocycles. The zero-order chi connectivity index (χ0) is 15.4. The van der Waals surface area contributed by atoms with Gasteiger partial charge in [0.15, 0.2) is 5.43 Å². The van der Waals surface area contributed by atoms with Gasteiger partial charge in [0, 0.05) is 14.8 Å². The van der Waals surface area contributed by atoms with Gasteiger partial charge in [-0.25, -0.2) is 0 Å². The smallest absolute Gasteiger partial charge is 0.199 e. The lowest BCUT2D eigenvalue weighted by Crippen LogP contribution is -2.11. The van der Waals surface area contributed by atoms with E-state index in [-0.39, 0.29) is 12.0 Å². The van der Waals surface area contributed by atoms with Crippen LogP contribution in [0, 0.1) is 0 Å². The van der Waals surface area contributed by atoms with E-state index >= 15 is 0 Å². The quantitative estimate of drug-likeness (QED) is 0.561. The number of aliphatic hydroxyl groups is 1. The molecule has 4 nitrogen and oxygen atoms in total. The van der Waals surface area contributed by atoms with Crippen LogP contribution in [-0.2, 0) is 4.74 Å². The molecule has 22 heavy (non-hydrogen) atoms. The Labute approximate surface area is 131 Å². The second-order valence-corrected chi connectivity index (χ2v) is 5.82. The normalized spacial score (nSPS) is 11.1. The molecule has 1 N–H and O–H groups in total. The summed E-state index contributed by atoms with van der Waals surface area (Å²) in [5, 5.41) is 9.99. The molecule has 0 spiro atoms. The van der Waals surface area contributed by atoms with Crippen LogP contribution in [0.25, 0.3) is 20.2 Å². The number of fused-ring (bicyclic) bond motifs is 2. The van der Waals surface area contributed by atoms with Gasteiger partial charge in [0.05, 0.1) is 25.2 Å². The van der Waals surface area contributed by atoms with Crippen molar-refractivity contribution in [2.24, 2.45) is 0 Å². The molecule has 2 aromatic carbocycles. The summed E-state index contributed by atoms with van der Waals surface area (Å²) in [4.78, 5) is 12.7. The number of hydrogen-bond donors (Lipinski definition) is 1. The van der Waals surface area contributed by atoms with Crippen LogP contribution in [0.3, 0.4) is 0 Å². The fourth-order valence-electron chi connectivity index (χ4n) is 2.31. The van der Waals surface area contributed by atoms with E-state index < -0.39 is 0 Å². The van der Waals surface area contributed by atoms with E-state index in [1.165, 1.54) is 0 Å². The Kier molecular flexibility index (Phi) is 4.68. The van der Waals surface area contributed by atoms with Crippen LogP contribution >= 0.6 is 11.3 Å². The molecule has 1 heterocycles. The lowest BCUT2D eigenvalue weighted by molar-refractivity contribution is 0.0708. The molecule has 0 amide bonds. The van der Waals surface area contributed by atoms with Crippen molar-refractivity contribution in [1.82, 2.24) is 0 Å². The number of hydrogen-bond acceptors (Lipinski definition) is 5. The second-order valence-electron chi connectivity index (χ2n) is 4.74. The van der Waals surface area contributed by atoms with Crippen LogP contribution in [0.2, 0.25) is 0 Å². The van der Waals surface area contributed by atoms with Crippen LogP contribution in [0.5, 0.6) is 5.75 Å². The van der Waals surface area contributed by atoms with Crippen molar-refractivity contribution in [2.45, 2.75) is 0 Å². The van der Waals surface area contributed by atoms with Crippen LogP contribution in [0.15, 0.2) is 47.3 Å². The number of aliphatic hydroxyl groups excluding tert-OH is 1. The zero-order valence-electron chi connectivity index (χ0n) is 12.0. The molecule has 0 aliphatic carbocycles. The van der Waals surface area contributed by atoms with E-state index in [2.05, 4.69) is 0 Å². The first-order chi connectivity index (χ1) is 10.8. The van der Waals surface area contributed by atoms with Gasteiger partial charge in [0.25, 0.3) is 0 Å². The second kappa shape index (κ2) is 6.87. The summed E-state index contributed by atoms with van der Waals surface area (Å²) in [6, 6.07) is 13.2. The van der Waals surface area contributed by atoms with E-state index in [1.54, 1.807) is 17.4 Å². The maximum absolute atomic E-state index is 12.7. The van der Waals surface area contributed by atoms with E-state index in [0.29, 0.717) is 36.3 Å². The standard InChI is InChI=1S/C17H16O4S/c18-8-9-20-10-11-21-13-5-3-7-15-16(13)17(19)12-4-1-2-6-14(12)22-15/h1-7,18H,8-11H2. The summed E-state index contributed by atoms with van der Waals surface area (Å²) in [6.07, 6.45) is 0. The van der Waals surface area contributed by atoms with Gasteiger partial charge < -0.3 is 14.6 Å². The highest BCUT2D eigenvalue weighted by Crippen LogP contribution is 2.30. The van der Waals surface area contributed by atoms with Crippen molar-refractivity contribution < 1.29 is 14.6 Å². The molecule has 0 bridgehead atoms. The van der Waals surface area contributed by atoms with Crippen molar-refractivity contribution in [3.05, 3.63) is 52.7 Å². The molecule has 0 aliphatic heterocycles. The Morgan fingerprint density at radius 1 is 0.955 bits per heavy atom. The van der Waals surface area contributed by atoms with Crippen LogP contribution in [-0.4, -0.2) is 31.5 Å². The molecule has 3 rings (SSSR count). The number of benzene rings is 2. The zero-order valence-corrected chi connectivity index (χ0v) is 12.8. The van der Waals surface area contributed by atoms with Gasteiger partial charge in [-0.1, -0.05) is 18.2 Å². The van der Waals surface area contributed by atoms with Gasteiger partial charge in [-0.2, -0.15) is 0 Å². The molecule has 0 unspecified atom stereocenters. The molecule has 1 aromatic heterocycles. The summed E-state index contributed by atoms with van der Waals surface area (Å²) in [7, 11) is 0. The average Bonchev–Trinajstić information content (AvgIpc) is 2.55. The Hall–Kier alpha value is -1.95. The fraction of sp³-hybridized carbons (Fsp3) is 0.235. The number of ether oxygens (including phenoxy) is 2. The van der Waals surface area contributed by atoms with Gasteiger partial charge in [0.1, 0.15) is 12.4 Å². The maximum atomic E-state index is 12.7. The van der Waals surface area contributed by atoms with Crippen molar-refractivity contribution in [3.8, 4) is 5.75 Å². The van der Waals surface area contributed by atoms with E-state index in [4.69, 9.17) is 14.6 Å². The van der Waals surface area contributed by atoms with Gasteiger partial charge >= 0.3 is 0 Å². The van der Waals surface area contributed by atoms with Crippen molar-refractivity contribution in [1.29, 1.82) is 0 Å². The SMILES string of the molecule is O=c1c2ccccc2sc2cccc(OCCOCCO)c12. The predicted octanol–water partition coefficient (Wildman–Crippen LogP) is 2.80. The number of rotatable bonds is 6. The first-order valence-electron chi connectivity index (χ1n) is 7.07. The summed E-state index contributed by atoms with van der Waals surface area (Å²) >= 11 is 1.58. The molecule has 0 saturated heterocycles. The van der Waals surface area contributed by atoms with Crippen LogP contribution < -0.4 is 10.2 Å². The highest BCUT2D eigenvalue weighted by atomic mass is 32.1. The summed E-state index contributed by atoms with van der Waals surface area (Å²) in [5.41, 5.74) is -0.00349. The third kappa shape index (κ3) is 2.97. The molecule has 0 atom stereocenters. The van der Waals surface area contributed by atoms with Crippen molar-refractivity contribution >= 4 is 31.5 Å². The first-order valence-corrected chi connectivity index (χ1v) is 7.89. The lowest BCUT2D eigenvalue weighted by atomic mass is 10.1.